The van der Waals surface area contributed by atoms with Gasteiger partial charge in [0.2, 0.25) is 0 Å². The average Bonchev–Trinajstić information content (AvgIpc) is 2.40. The van der Waals surface area contributed by atoms with Crippen LogP contribution in [0.3, 0.4) is 0 Å². The molecule has 0 spiro atoms. The molecule has 3 heteroatoms. The third-order valence-electron chi connectivity index (χ3n) is 4.19. The van der Waals surface area contributed by atoms with Crippen molar-refractivity contribution in [3.8, 4) is 0 Å². The van der Waals surface area contributed by atoms with Crippen molar-refractivity contribution in [3.63, 3.8) is 0 Å². The lowest BCUT2D eigenvalue weighted by Crippen LogP contribution is -2.40. The van der Waals surface area contributed by atoms with Crippen LogP contribution in [0.5, 0.6) is 0 Å². The number of likely N-dealkylation sites (tertiary alicyclic amines) is 1. The Morgan fingerprint density at radius 3 is 2.89 bits per heavy atom. The molecule has 2 nitrogen and oxygen atoms in total. The molecule has 2 atom stereocenters. The third-order valence-corrected chi connectivity index (χ3v) is 4.19. The summed E-state index contributed by atoms with van der Waals surface area (Å²) < 4.78 is 13.4. The highest BCUT2D eigenvalue weighted by molar-refractivity contribution is 5.27. The van der Waals surface area contributed by atoms with Gasteiger partial charge in [0.05, 0.1) is 0 Å². The van der Waals surface area contributed by atoms with Gasteiger partial charge in [-0.15, -0.1) is 0 Å². The highest BCUT2D eigenvalue weighted by Crippen LogP contribution is 2.35. The summed E-state index contributed by atoms with van der Waals surface area (Å²) in [5.41, 5.74) is 2.00. The maximum Gasteiger partial charge on any atom is 0.126 e. The second kappa shape index (κ2) is 6.49. The molecule has 19 heavy (non-hydrogen) atoms. The predicted molar refractivity (Wildman–Crippen MR) is 77.8 cm³/mol. The van der Waals surface area contributed by atoms with Crippen molar-refractivity contribution in [1.82, 2.24) is 10.2 Å². The largest absolute Gasteiger partial charge is 0.317 e. The van der Waals surface area contributed by atoms with Crippen LogP contribution in [0.2, 0.25) is 0 Å². The summed E-state index contributed by atoms with van der Waals surface area (Å²) in [4.78, 5) is 2.41. The zero-order valence-electron chi connectivity index (χ0n) is 12.2. The minimum Gasteiger partial charge on any atom is -0.317 e. The van der Waals surface area contributed by atoms with Crippen LogP contribution in [-0.2, 0) is 0 Å². The first kappa shape index (κ1) is 14.5. The molecule has 0 saturated carbocycles. The summed E-state index contributed by atoms with van der Waals surface area (Å²) in [5.74, 6) is 0.508. The lowest BCUT2D eigenvalue weighted by Gasteiger charge is -2.40. The topological polar surface area (TPSA) is 15.3 Å². The summed E-state index contributed by atoms with van der Waals surface area (Å²) in [6.07, 6.45) is 2.50. The fourth-order valence-corrected chi connectivity index (χ4v) is 3.18. The molecule has 0 aromatic heterocycles. The van der Waals surface area contributed by atoms with E-state index in [9.17, 15) is 4.39 Å². The first-order valence-corrected chi connectivity index (χ1v) is 7.30. The number of hydrogen-bond acceptors (Lipinski definition) is 2. The van der Waals surface area contributed by atoms with Gasteiger partial charge in [-0.05, 0) is 69.6 Å². The van der Waals surface area contributed by atoms with Gasteiger partial charge in [0.1, 0.15) is 5.82 Å². The number of nitrogens with zero attached hydrogens (tertiary/aromatic N) is 1. The van der Waals surface area contributed by atoms with Crippen molar-refractivity contribution in [2.24, 2.45) is 5.92 Å². The molecule has 0 bridgehead atoms. The number of hydrogen-bond donors (Lipinski definition) is 1. The summed E-state index contributed by atoms with van der Waals surface area (Å²) in [7, 11) is 2.18. The average molecular weight is 264 g/mol. The molecule has 1 aliphatic rings. The minimum absolute atomic E-state index is 0.106. The lowest BCUT2D eigenvalue weighted by molar-refractivity contribution is 0.120. The Hall–Kier alpha value is -0.930. The number of benzene rings is 1. The van der Waals surface area contributed by atoms with Crippen LogP contribution in [0.1, 0.15) is 36.9 Å². The fraction of sp³-hybridized carbons (Fsp3) is 0.625. The number of rotatable bonds is 4. The van der Waals surface area contributed by atoms with Gasteiger partial charge in [-0.3, -0.25) is 4.90 Å². The van der Waals surface area contributed by atoms with Gasteiger partial charge >= 0.3 is 0 Å². The van der Waals surface area contributed by atoms with E-state index in [1.807, 2.05) is 19.1 Å². The third kappa shape index (κ3) is 3.34. The molecular formula is C16H25FN2. The van der Waals surface area contributed by atoms with Gasteiger partial charge in [0.15, 0.2) is 0 Å². The first-order chi connectivity index (χ1) is 9.13. The zero-order chi connectivity index (χ0) is 13.8. The van der Waals surface area contributed by atoms with Gasteiger partial charge < -0.3 is 5.32 Å². The number of nitrogens with one attached hydrogen (secondary N) is 1. The molecule has 0 amide bonds. The van der Waals surface area contributed by atoms with E-state index in [2.05, 4.69) is 24.2 Å². The van der Waals surface area contributed by atoms with Crippen LogP contribution in [0, 0.1) is 18.7 Å². The molecule has 2 unspecified atom stereocenters. The summed E-state index contributed by atoms with van der Waals surface area (Å²) in [6, 6.07) is 5.98. The van der Waals surface area contributed by atoms with E-state index < -0.39 is 0 Å². The number of halogens is 1. The quantitative estimate of drug-likeness (QED) is 0.899. The van der Waals surface area contributed by atoms with E-state index in [4.69, 9.17) is 0 Å². The van der Waals surface area contributed by atoms with Gasteiger partial charge in [-0.25, -0.2) is 4.39 Å². The predicted octanol–water partition coefficient (Wildman–Crippen LogP) is 3.13. The van der Waals surface area contributed by atoms with Gasteiger partial charge in [-0.2, -0.15) is 0 Å². The van der Waals surface area contributed by atoms with E-state index in [1.54, 1.807) is 6.07 Å². The van der Waals surface area contributed by atoms with Crippen LogP contribution in [0.25, 0.3) is 0 Å². The zero-order valence-corrected chi connectivity index (χ0v) is 12.2. The minimum atomic E-state index is -0.106. The molecule has 1 saturated heterocycles. The van der Waals surface area contributed by atoms with E-state index in [1.165, 1.54) is 18.4 Å². The Morgan fingerprint density at radius 1 is 1.42 bits per heavy atom. The van der Waals surface area contributed by atoms with Gasteiger partial charge in [-0.1, -0.05) is 19.1 Å². The molecule has 0 aliphatic carbocycles. The SMILES string of the molecule is CCNCC1CCCN(C)C1c1ccc(F)c(C)c1. The molecule has 1 aromatic carbocycles. The van der Waals surface area contributed by atoms with Gasteiger partial charge in [0.25, 0.3) is 0 Å². The summed E-state index contributed by atoms with van der Waals surface area (Å²) in [5, 5.41) is 3.46. The monoisotopic (exact) mass is 264 g/mol. The standard InChI is InChI=1S/C16H25FN2/c1-4-18-11-14-6-5-9-19(3)16(14)13-7-8-15(17)12(2)10-13/h7-8,10,14,16,18H,4-6,9,11H2,1-3H3. The Balaban J connectivity index is 2.22. The Morgan fingerprint density at radius 2 is 2.21 bits per heavy atom. The number of piperidine rings is 1. The van der Waals surface area contributed by atoms with Gasteiger partial charge in [0, 0.05) is 6.04 Å². The Labute approximate surface area is 116 Å². The van der Waals surface area contributed by atoms with Crippen molar-refractivity contribution in [2.75, 3.05) is 26.7 Å². The molecule has 2 rings (SSSR count). The van der Waals surface area contributed by atoms with E-state index >= 15 is 0 Å². The lowest BCUT2D eigenvalue weighted by atomic mass is 9.84. The van der Waals surface area contributed by atoms with Crippen LogP contribution in [0.15, 0.2) is 18.2 Å². The Bertz CT molecular complexity index is 419. The molecule has 0 radical (unpaired) electrons. The molecular weight excluding hydrogens is 239 g/mol. The first-order valence-electron chi connectivity index (χ1n) is 7.30. The van der Waals surface area contributed by atoms with Crippen LogP contribution in [-0.4, -0.2) is 31.6 Å². The van der Waals surface area contributed by atoms with Crippen LogP contribution < -0.4 is 5.32 Å². The molecule has 106 valence electrons. The second-order valence-corrected chi connectivity index (χ2v) is 5.64. The fourth-order valence-electron chi connectivity index (χ4n) is 3.18. The van der Waals surface area contributed by atoms with E-state index in [0.29, 0.717) is 12.0 Å². The van der Waals surface area contributed by atoms with Crippen molar-refractivity contribution in [2.45, 2.75) is 32.7 Å². The van der Waals surface area contributed by atoms with E-state index in [-0.39, 0.29) is 5.82 Å². The maximum absolute atomic E-state index is 13.4. The molecule has 1 heterocycles. The van der Waals surface area contributed by atoms with Crippen molar-refractivity contribution in [1.29, 1.82) is 0 Å². The molecule has 1 N–H and O–H groups in total. The Kier molecular flexibility index (Phi) is 4.94. The second-order valence-electron chi connectivity index (χ2n) is 5.64. The van der Waals surface area contributed by atoms with Crippen molar-refractivity contribution >= 4 is 0 Å². The smallest absolute Gasteiger partial charge is 0.126 e. The van der Waals surface area contributed by atoms with Crippen LogP contribution in [0.4, 0.5) is 4.39 Å². The summed E-state index contributed by atoms with van der Waals surface area (Å²) >= 11 is 0. The number of aryl methyl sites for hydroxylation is 1. The summed E-state index contributed by atoms with van der Waals surface area (Å²) in [6.45, 7) is 7.17. The van der Waals surface area contributed by atoms with Crippen LogP contribution >= 0.6 is 0 Å². The highest BCUT2D eigenvalue weighted by Gasteiger charge is 2.30. The molecule has 1 aromatic rings. The molecule has 1 aliphatic heterocycles. The molecule has 1 fully saturated rings. The highest BCUT2D eigenvalue weighted by atomic mass is 19.1. The van der Waals surface area contributed by atoms with Crippen molar-refractivity contribution in [3.05, 3.63) is 35.1 Å². The van der Waals surface area contributed by atoms with E-state index in [0.717, 1.165) is 25.2 Å². The van der Waals surface area contributed by atoms with Crippen molar-refractivity contribution < 1.29 is 4.39 Å². The maximum atomic E-state index is 13.4. The normalized spacial score (nSPS) is 24.6.